The lowest BCUT2D eigenvalue weighted by molar-refractivity contribution is -0.115. The summed E-state index contributed by atoms with van der Waals surface area (Å²) in [4.78, 5) is 15.9. The smallest absolute Gasteiger partial charge is 0.276 e. The van der Waals surface area contributed by atoms with E-state index >= 15 is 0 Å². The molecular weight excluding hydrogens is 372 g/mol. The minimum absolute atomic E-state index is 0.00126. The van der Waals surface area contributed by atoms with Crippen LogP contribution in [0.4, 0.5) is 0 Å². The summed E-state index contributed by atoms with van der Waals surface area (Å²) in [6.07, 6.45) is -4.41. The van der Waals surface area contributed by atoms with E-state index in [2.05, 4.69) is 20.8 Å². The maximum Gasteiger partial charge on any atom is 0.276 e. The number of nitrogens with one attached hydrogen (secondary N) is 2. The molecule has 0 spiro atoms. The van der Waals surface area contributed by atoms with Gasteiger partial charge in [-0.05, 0) is 23.8 Å². The largest absolute Gasteiger partial charge is 0.497 e. The summed E-state index contributed by atoms with van der Waals surface area (Å²) < 4.78 is 5.06. The van der Waals surface area contributed by atoms with Crippen molar-refractivity contribution < 1.29 is 35.1 Å². The van der Waals surface area contributed by atoms with Crippen LogP contribution in [-0.4, -0.2) is 81.7 Å². The summed E-state index contributed by atoms with van der Waals surface area (Å²) in [5.41, 5.74) is 3.24. The van der Waals surface area contributed by atoms with Gasteiger partial charge in [-0.1, -0.05) is 12.1 Å². The molecule has 11 nitrogen and oxygen atoms in total. The van der Waals surface area contributed by atoms with E-state index in [0.29, 0.717) is 5.75 Å². The summed E-state index contributed by atoms with van der Waals surface area (Å²) >= 11 is 0. The number of aliphatic imine (C=N–C) groups is 1. The van der Waals surface area contributed by atoms with E-state index in [9.17, 15) is 25.2 Å². The van der Waals surface area contributed by atoms with E-state index in [-0.39, 0.29) is 11.7 Å². The van der Waals surface area contributed by atoms with E-state index in [1.807, 2.05) is 0 Å². The Morgan fingerprint density at radius 3 is 2.50 bits per heavy atom. The van der Waals surface area contributed by atoms with Crippen LogP contribution >= 0.6 is 0 Å². The maximum absolute atomic E-state index is 11.9. The molecule has 0 radical (unpaired) electrons. The van der Waals surface area contributed by atoms with Crippen molar-refractivity contribution in [2.75, 3.05) is 13.7 Å². The zero-order chi connectivity index (χ0) is 20.7. The van der Waals surface area contributed by atoms with Gasteiger partial charge >= 0.3 is 0 Å². The molecule has 0 unspecified atom stereocenters. The molecule has 28 heavy (non-hydrogen) atoms. The van der Waals surface area contributed by atoms with E-state index in [1.165, 1.54) is 0 Å². The first-order chi connectivity index (χ1) is 13.3. The molecule has 0 fully saturated rings. The van der Waals surface area contributed by atoms with E-state index in [0.717, 1.165) is 11.8 Å². The lowest BCUT2D eigenvalue weighted by Crippen LogP contribution is -2.46. The summed E-state index contributed by atoms with van der Waals surface area (Å²) in [6.45, 7) is -0.785. The quantitative estimate of drug-likeness (QED) is 0.144. The van der Waals surface area contributed by atoms with Crippen LogP contribution in [0.1, 0.15) is 5.56 Å². The molecule has 4 atom stereocenters. The number of aliphatic hydroxyl groups is 5. The number of aliphatic hydroxyl groups excluding tert-OH is 5. The molecule has 0 aliphatic carbocycles. The Morgan fingerprint density at radius 1 is 1.21 bits per heavy atom. The first-order valence-corrected chi connectivity index (χ1v) is 8.23. The molecule has 152 valence electrons. The van der Waals surface area contributed by atoms with Crippen molar-refractivity contribution in [3.63, 3.8) is 0 Å². The summed E-state index contributed by atoms with van der Waals surface area (Å²) in [5.74, 6) is 0.213. The number of benzene rings is 1. The van der Waals surface area contributed by atoms with Gasteiger partial charge in [0.25, 0.3) is 5.91 Å². The van der Waals surface area contributed by atoms with Crippen LogP contribution in [0.3, 0.4) is 0 Å². The Morgan fingerprint density at radius 2 is 1.89 bits per heavy atom. The number of methoxy groups -OCH3 is 1. The molecule has 0 saturated carbocycles. The minimum atomic E-state index is -1.78. The zero-order valence-electron chi connectivity index (χ0n) is 14.9. The van der Waals surface area contributed by atoms with E-state index < -0.39 is 36.9 Å². The number of carbonyl (C=O) groups is 1. The normalized spacial score (nSPS) is 19.9. The van der Waals surface area contributed by atoms with Gasteiger partial charge in [0.15, 0.2) is 0 Å². The molecule has 2 rings (SSSR count). The number of nitrogens with zero attached hydrogens (tertiary/aromatic N) is 2. The standard InChI is InChI=1S/C17H22N4O7/c1-28-10-4-2-9(3-5-10)6-11-16(27)20-17(19-11)21-18-7-12(23)14(25)15(26)13(24)8-22/h2-7,12-15,22-26H,8H2,1H3,(H2,19,20,21,27)/b11-6-,18-7?/t12-,13-,14-,15-/m1/s1. The highest BCUT2D eigenvalue weighted by Gasteiger charge is 2.29. The second-order valence-electron chi connectivity index (χ2n) is 5.83. The number of hydrogen-bond acceptors (Lipinski definition) is 10. The average Bonchev–Trinajstić information content (AvgIpc) is 3.05. The Kier molecular flexibility index (Phi) is 7.61. The highest BCUT2D eigenvalue weighted by Crippen LogP contribution is 2.15. The molecular formula is C17H22N4O7. The number of hydrogen-bond donors (Lipinski definition) is 7. The zero-order valence-corrected chi connectivity index (χ0v) is 14.9. The third-order valence-electron chi connectivity index (χ3n) is 3.79. The Balaban J connectivity index is 1.97. The summed E-state index contributed by atoms with van der Waals surface area (Å²) in [6, 6.07) is 6.98. The summed E-state index contributed by atoms with van der Waals surface area (Å²) in [7, 11) is 1.55. The number of amides is 1. The fraction of sp³-hybridized carbons (Fsp3) is 0.353. The third kappa shape index (κ3) is 5.58. The molecule has 1 aliphatic heterocycles. The molecule has 1 heterocycles. The Hall–Kier alpha value is -2.83. The number of ether oxygens (including phenoxy) is 1. The highest BCUT2D eigenvalue weighted by atomic mass is 16.5. The van der Waals surface area contributed by atoms with Gasteiger partial charge in [-0.2, -0.15) is 5.10 Å². The van der Waals surface area contributed by atoms with Gasteiger partial charge in [0.2, 0.25) is 5.96 Å². The van der Waals surface area contributed by atoms with Crippen LogP contribution in [0.15, 0.2) is 40.1 Å². The number of hydrazone groups is 1. The Labute approximate surface area is 160 Å². The molecule has 1 aromatic carbocycles. The maximum atomic E-state index is 11.9. The first-order valence-electron chi connectivity index (χ1n) is 8.23. The number of rotatable bonds is 8. The fourth-order valence-corrected chi connectivity index (χ4v) is 2.18. The third-order valence-corrected chi connectivity index (χ3v) is 3.79. The van der Waals surface area contributed by atoms with Gasteiger partial charge in [0, 0.05) is 0 Å². The first kappa shape index (κ1) is 21.5. The van der Waals surface area contributed by atoms with Gasteiger partial charge in [-0.3, -0.25) is 10.1 Å². The lowest BCUT2D eigenvalue weighted by atomic mass is 10.0. The number of carbonyl (C=O) groups excluding carboxylic acids is 1. The van der Waals surface area contributed by atoms with Crippen molar-refractivity contribution in [3.05, 3.63) is 35.5 Å². The van der Waals surface area contributed by atoms with Crippen LogP contribution in [0.2, 0.25) is 0 Å². The number of guanidine groups is 1. The minimum Gasteiger partial charge on any atom is -0.497 e. The fourth-order valence-electron chi connectivity index (χ4n) is 2.18. The van der Waals surface area contributed by atoms with Crippen LogP contribution in [-0.2, 0) is 4.79 Å². The van der Waals surface area contributed by atoms with Crippen LogP contribution in [0.25, 0.3) is 6.08 Å². The predicted molar refractivity (Wildman–Crippen MR) is 99.3 cm³/mol. The summed E-state index contributed by atoms with van der Waals surface area (Å²) in [5, 5.41) is 52.9. The molecule has 7 N–H and O–H groups in total. The van der Waals surface area contributed by atoms with E-state index in [4.69, 9.17) is 9.84 Å². The monoisotopic (exact) mass is 394 g/mol. The van der Waals surface area contributed by atoms with Crippen LogP contribution < -0.4 is 15.5 Å². The molecule has 11 heteroatoms. The van der Waals surface area contributed by atoms with Crippen LogP contribution in [0.5, 0.6) is 5.75 Å². The van der Waals surface area contributed by atoms with Crippen molar-refractivity contribution in [3.8, 4) is 5.75 Å². The second-order valence-corrected chi connectivity index (χ2v) is 5.83. The van der Waals surface area contributed by atoms with Gasteiger partial charge in [0.05, 0.1) is 19.9 Å². The second kappa shape index (κ2) is 9.92. The SMILES string of the molecule is COc1ccc(/C=C2\N=C(NN=C[C@@H](O)[C@@H](O)[C@H](O)[C@H](O)CO)NC2=O)cc1. The molecule has 0 saturated heterocycles. The van der Waals surface area contributed by atoms with Crippen molar-refractivity contribution in [2.45, 2.75) is 24.4 Å². The van der Waals surface area contributed by atoms with Gasteiger partial charge in [-0.15, -0.1) is 0 Å². The molecule has 1 aromatic rings. The van der Waals surface area contributed by atoms with Crippen molar-refractivity contribution in [1.82, 2.24) is 10.7 Å². The van der Waals surface area contributed by atoms with Crippen molar-refractivity contribution in [1.29, 1.82) is 0 Å². The van der Waals surface area contributed by atoms with Gasteiger partial charge < -0.3 is 30.3 Å². The average molecular weight is 394 g/mol. The van der Waals surface area contributed by atoms with Crippen LogP contribution in [0, 0.1) is 0 Å². The van der Waals surface area contributed by atoms with Gasteiger partial charge in [0.1, 0.15) is 35.9 Å². The molecule has 0 bridgehead atoms. The molecule has 1 amide bonds. The molecule has 1 aliphatic rings. The van der Waals surface area contributed by atoms with E-state index in [1.54, 1.807) is 37.5 Å². The topological polar surface area (TPSA) is 176 Å². The van der Waals surface area contributed by atoms with Gasteiger partial charge in [-0.25, -0.2) is 10.4 Å². The molecule has 0 aromatic heterocycles. The Bertz CT molecular complexity index is 763. The van der Waals surface area contributed by atoms with Crippen molar-refractivity contribution in [2.24, 2.45) is 10.1 Å². The van der Waals surface area contributed by atoms with Crippen molar-refractivity contribution >= 4 is 24.2 Å². The predicted octanol–water partition coefficient (Wildman–Crippen LogP) is -2.47. The highest BCUT2D eigenvalue weighted by molar-refractivity contribution is 6.13. The lowest BCUT2D eigenvalue weighted by Gasteiger charge is -2.23.